The van der Waals surface area contributed by atoms with Crippen molar-refractivity contribution in [3.63, 3.8) is 0 Å². The molecule has 22 heavy (non-hydrogen) atoms. The van der Waals surface area contributed by atoms with E-state index in [1.54, 1.807) is 0 Å². The first-order valence-electron chi connectivity index (χ1n) is 7.53. The Morgan fingerprint density at radius 1 is 0.909 bits per heavy atom. The summed E-state index contributed by atoms with van der Waals surface area (Å²) < 4.78 is 2.08. The van der Waals surface area contributed by atoms with Gasteiger partial charge in [-0.05, 0) is 41.1 Å². The van der Waals surface area contributed by atoms with Crippen LogP contribution in [0, 0.1) is 0 Å². The molecule has 0 atom stereocenters. The van der Waals surface area contributed by atoms with Gasteiger partial charge in [-0.15, -0.1) is 0 Å². The SMILES string of the molecule is CC(C)c1ccc2cc(-n3ccc4ccncc43)ncc2c1. The van der Waals surface area contributed by atoms with Gasteiger partial charge < -0.3 is 0 Å². The van der Waals surface area contributed by atoms with Gasteiger partial charge in [-0.3, -0.25) is 9.55 Å². The van der Waals surface area contributed by atoms with Gasteiger partial charge >= 0.3 is 0 Å². The number of pyridine rings is 2. The van der Waals surface area contributed by atoms with E-state index in [0.717, 1.165) is 11.3 Å². The van der Waals surface area contributed by atoms with Crippen LogP contribution in [0.15, 0.2) is 61.2 Å². The van der Waals surface area contributed by atoms with Crippen LogP contribution >= 0.6 is 0 Å². The highest BCUT2D eigenvalue weighted by Crippen LogP contribution is 2.24. The molecule has 3 heterocycles. The summed E-state index contributed by atoms with van der Waals surface area (Å²) in [6, 6.07) is 12.8. The first kappa shape index (κ1) is 13.0. The molecule has 4 aromatic rings. The fraction of sp³-hybridized carbons (Fsp3) is 0.158. The molecule has 0 N–H and O–H groups in total. The molecule has 108 valence electrons. The standard InChI is InChI=1S/C19H17N3/c1-13(2)15-3-4-16-10-19(21-11-17(16)9-15)22-8-6-14-5-7-20-12-18(14)22/h3-13H,1-2H3. The van der Waals surface area contributed by atoms with Crippen LogP contribution < -0.4 is 0 Å². The maximum Gasteiger partial charge on any atom is 0.137 e. The van der Waals surface area contributed by atoms with Crippen molar-refractivity contribution in [2.24, 2.45) is 0 Å². The Morgan fingerprint density at radius 3 is 2.68 bits per heavy atom. The third-order valence-electron chi connectivity index (χ3n) is 4.14. The van der Waals surface area contributed by atoms with Crippen molar-refractivity contribution in [2.75, 3.05) is 0 Å². The molecule has 0 fully saturated rings. The van der Waals surface area contributed by atoms with Gasteiger partial charge in [0.05, 0.1) is 11.7 Å². The van der Waals surface area contributed by atoms with Gasteiger partial charge in [0, 0.05) is 29.4 Å². The number of aromatic nitrogens is 3. The Morgan fingerprint density at radius 2 is 1.82 bits per heavy atom. The number of hydrogen-bond donors (Lipinski definition) is 0. The second kappa shape index (κ2) is 4.95. The quantitative estimate of drug-likeness (QED) is 0.535. The van der Waals surface area contributed by atoms with Gasteiger partial charge in [0.2, 0.25) is 0 Å². The third-order valence-corrected chi connectivity index (χ3v) is 4.14. The van der Waals surface area contributed by atoms with Crippen molar-refractivity contribution in [1.29, 1.82) is 0 Å². The molecule has 0 radical (unpaired) electrons. The predicted molar refractivity (Wildman–Crippen MR) is 90.5 cm³/mol. The van der Waals surface area contributed by atoms with E-state index in [0.29, 0.717) is 5.92 Å². The van der Waals surface area contributed by atoms with E-state index in [1.165, 1.54) is 21.7 Å². The van der Waals surface area contributed by atoms with Crippen LogP contribution in [0.2, 0.25) is 0 Å². The first-order valence-corrected chi connectivity index (χ1v) is 7.53. The number of benzene rings is 1. The summed E-state index contributed by atoms with van der Waals surface area (Å²) in [5, 5.41) is 3.57. The van der Waals surface area contributed by atoms with Crippen molar-refractivity contribution >= 4 is 21.7 Å². The lowest BCUT2D eigenvalue weighted by molar-refractivity contribution is 0.868. The lowest BCUT2D eigenvalue weighted by atomic mass is 10.0. The molecule has 0 saturated heterocycles. The zero-order valence-corrected chi connectivity index (χ0v) is 12.7. The smallest absolute Gasteiger partial charge is 0.137 e. The molecule has 0 amide bonds. The number of nitrogens with zero attached hydrogens (tertiary/aromatic N) is 3. The van der Waals surface area contributed by atoms with E-state index >= 15 is 0 Å². The van der Waals surface area contributed by atoms with Gasteiger partial charge in [0.25, 0.3) is 0 Å². The van der Waals surface area contributed by atoms with Crippen LogP contribution in [0.25, 0.3) is 27.5 Å². The van der Waals surface area contributed by atoms with Gasteiger partial charge in [0.15, 0.2) is 0 Å². The van der Waals surface area contributed by atoms with Gasteiger partial charge in [-0.1, -0.05) is 26.0 Å². The molecule has 3 aromatic heterocycles. The third kappa shape index (κ3) is 2.06. The topological polar surface area (TPSA) is 30.7 Å². The zero-order valence-electron chi connectivity index (χ0n) is 12.7. The van der Waals surface area contributed by atoms with Crippen molar-refractivity contribution in [1.82, 2.24) is 14.5 Å². The summed E-state index contributed by atoms with van der Waals surface area (Å²) in [7, 11) is 0. The molecule has 1 aromatic carbocycles. The average Bonchev–Trinajstić information content (AvgIpc) is 2.98. The first-order chi connectivity index (χ1) is 10.7. The maximum absolute atomic E-state index is 4.64. The van der Waals surface area contributed by atoms with Crippen molar-refractivity contribution in [3.05, 3.63) is 66.7 Å². The minimum Gasteiger partial charge on any atom is -0.300 e. The molecule has 0 aliphatic heterocycles. The fourth-order valence-electron chi connectivity index (χ4n) is 2.81. The highest BCUT2D eigenvalue weighted by Gasteiger charge is 2.06. The van der Waals surface area contributed by atoms with Crippen LogP contribution in [0.4, 0.5) is 0 Å². The Hall–Kier alpha value is -2.68. The van der Waals surface area contributed by atoms with Crippen LogP contribution in [-0.4, -0.2) is 14.5 Å². The van der Waals surface area contributed by atoms with E-state index in [9.17, 15) is 0 Å². The molecule has 0 spiro atoms. The van der Waals surface area contributed by atoms with E-state index in [2.05, 4.69) is 58.7 Å². The largest absolute Gasteiger partial charge is 0.300 e. The monoisotopic (exact) mass is 287 g/mol. The molecule has 3 nitrogen and oxygen atoms in total. The Balaban J connectivity index is 1.87. The Kier molecular flexibility index (Phi) is 2.93. The second-order valence-corrected chi connectivity index (χ2v) is 5.92. The molecule has 0 aliphatic carbocycles. The summed E-state index contributed by atoms with van der Waals surface area (Å²) in [6.07, 6.45) is 7.69. The highest BCUT2D eigenvalue weighted by molar-refractivity contribution is 5.85. The maximum atomic E-state index is 4.64. The lowest BCUT2D eigenvalue weighted by Gasteiger charge is -2.09. The fourth-order valence-corrected chi connectivity index (χ4v) is 2.81. The van der Waals surface area contributed by atoms with Crippen LogP contribution in [0.3, 0.4) is 0 Å². The molecule has 0 aliphatic rings. The van der Waals surface area contributed by atoms with Gasteiger partial charge in [-0.25, -0.2) is 4.98 Å². The lowest BCUT2D eigenvalue weighted by Crippen LogP contribution is -1.96. The highest BCUT2D eigenvalue weighted by atomic mass is 15.1. The molecule has 3 heteroatoms. The normalized spacial score (nSPS) is 11.6. The van der Waals surface area contributed by atoms with E-state index in [-0.39, 0.29) is 0 Å². The Labute approximate surface area is 129 Å². The number of hydrogen-bond acceptors (Lipinski definition) is 2. The van der Waals surface area contributed by atoms with Crippen LogP contribution in [0.5, 0.6) is 0 Å². The van der Waals surface area contributed by atoms with Gasteiger partial charge in [-0.2, -0.15) is 0 Å². The van der Waals surface area contributed by atoms with E-state index in [4.69, 9.17) is 0 Å². The minimum atomic E-state index is 0.531. The molecule has 0 saturated carbocycles. The average molecular weight is 287 g/mol. The summed E-state index contributed by atoms with van der Waals surface area (Å²) in [4.78, 5) is 8.85. The van der Waals surface area contributed by atoms with Crippen LogP contribution in [-0.2, 0) is 0 Å². The number of fused-ring (bicyclic) bond motifs is 2. The Bertz CT molecular complexity index is 967. The molecular formula is C19H17N3. The molecular weight excluding hydrogens is 270 g/mol. The summed E-state index contributed by atoms with van der Waals surface area (Å²) in [6.45, 7) is 4.42. The predicted octanol–water partition coefficient (Wildman–Crippen LogP) is 4.70. The van der Waals surface area contributed by atoms with Gasteiger partial charge in [0.1, 0.15) is 5.82 Å². The molecule has 0 bridgehead atoms. The summed E-state index contributed by atoms with van der Waals surface area (Å²) in [5.74, 6) is 1.45. The van der Waals surface area contributed by atoms with E-state index in [1.807, 2.05) is 30.9 Å². The minimum absolute atomic E-state index is 0.531. The molecule has 0 unspecified atom stereocenters. The zero-order chi connectivity index (χ0) is 15.1. The number of rotatable bonds is 2. The van der Waals surface area contributed by atoms with E-state index < -0.39 is 0 Å². The summed E-state index contributed by atoms with van der Waals surface area (Å²) in [5.41, 5.74) is 2.42. The van der Waals surface area contributed by atoms with Crippen molar-refractivity contribution < 1.29 is 0 Å². The van der Waals surface area contributed by atoms with Crippen molar-refractivity contribution in [3.8, 4) is 5.82 Å². The van der Waals surface area contributed by atoms with Crippen molar-refractivity contribution in [2.45, 2.75) is 19.8 Å². The van der Waals surface area contributed by atoms with Crippen LogP contribution in [0.1, 0.15) is 25.3 Å². The summed E-state index contributed by atoms with van der Waals surface area (Å²) >= 11 is 0. The molecule has 4 rings (SSSR count). The second-order valence-electron chi connectivity index (χ2n) is 5.92.